The summed E-state index contributed by atoms with van der Waals surface area (Å²) in [5.41, 5.74) is -0.105. The first-order valence-corrected chi connectivity index (χ1v) is 5.90. The minimum absolute atomic E-state index is 0.105. The fourth-order valence-corrected chi connectivity index (χ4v) is 2.18. The normalized spacial score (nSPS) is 21.0. The number of aryl methyl sites for hydroxylation is 1. The van der Waals surface area contributed by atoms with Crippen molar-refractivity contribution in [3.8, 4) is 0 Å². The Hall–Kier alpha value is -0.870. The molecule has 1 aromatic heterocycles. The van der Waals surface area contributed by atoms with Crippen molar-refractivity contribution >= 4 is 11.6 Å². The van der Waals surface area contributed by atoms with Gasteiger partial charge in [-0.3, -0.25) is 9.36 Å². The van der Waals surface area contributed by atoms with Gasteiger partial charge in [0.25, 0.3) is 5.56 Å². The zero-order valence-electron chi connectivity index (χ0n) is 9.28. The quantitative estimate of drug-likeness (QED) is 0.743. The summed E-state index contributed by atoms with van der Waals surface area (Å²) in [7, 11) is 0. The molecule has 0 saturated carbocycles. The van der Waals surface area contributed by atoms with Crippen LogP contribution in [0.3, 0.4) is 0 Å². The van der Waals surface area contributed by atoms with E-state index in [2.05, 4.69) is 4.98 Å². The van der Waals surface area contributed by atoms with Gasteiger partial charge in [-0.15, -0.1) is 0 Å². The van der Waals surface area contributed by atoms with Gasteiger partial charge in [0.05, 0.1) is 12.6 Å². The highest BCUT2D eigenvalue weighted by atomic mass is 35.5. The highest BCUT2D eigenvalue weighted by Crippen LogP contribution is 2.14. The van der Waals surface area contributed by atoms with Crippen molar-refractivity contribution in [3.05, 3.63) is 27.4 Å². The summed E-state index contributed by atoms with van der Waals surface area (Å²) in [6.45, 7) is 3.16. The van der Waals surface area contributed by atoms with E-state index in [0.717, 1.165) is 19.4 Å². The molecule has 1 atom stereocenters. The summed E-state index contributed by atoms with van der Waals surface area (Å²) in [6.07, 6.45) is 3.42. The maximum absolute atomic E-state index is 11.7. The standard InChI is InChI=1S/C11H15ClN2O2/c1-8-13-10(12)6-11(15)14(8)7-9-4-2-3-5-16-9/h6,9H,2-5,7H2,1H3. The molecular weight excluding hydrogens is 228 g/mol. The van der Waals surface area contributed by atoms with E-state index in [9.17, 15) is 4.79 Å². The number of hydrogen-bond donors (Lipinski definition) is 0. The van der Waals surface area contributed by atoms with Crippen LogP contribution in [0.15, 0.2) is 10.9 Å². The van der Waals surface area contributed by atoms with Crippen LogP contribution in [0.25, 0.3) is 0 Å². The number of ether oxygens (including phenoxy) is 1. The van der Waals surface area contributed by atoms with Crippen LogP contribution in [0, 0.1) is 6.92 Å². The predicted octanol–water partition coefficient (Wildman–Crippen LogP) is 1.77. The van der Waals surface area contributed by atoms with E-state index < -0.39 is 0 Å². The summed E-state index contributed by atoms with van der Waals surface area (Å²) >= 11 is 5.71. The summed E-state index contributed by atoms with van der Waals surface area (Å²) in [5, 5.41) is 0.253. The Kier molecular flexibility index (Phi) is 3.61. The predicted molar refractivity (Wildman–Crippen MR) is 61.8 cm³/mol. The van der Waals surface area contributed by atoms with Crippen LogP contribution in [-0.2, 0) is 11.3 Å². The van der Waals surface area contributed by atoms with E-state index in [4.69, 9.17) is 16.3 Å². The molecule has 88 valence electrons. The van der Waals surface area contributed by atoms with Crippen molar-refractivity contribution in [1.82, 2.24) is 9.55 Å². The topological polar surface area (TPSA) is 44.1 Å². The Morgan fingerprint density at radius 3 is 3.06 bits per heavy atom. The molecule has 1 aliphatic rings. The SMILES string of the molecule is Cc1nc(Cl)cc(=O)n1CC1CCCCO1. The van der Waals surface area contributed by atoms with Crippen LogP contribution in [0.5, 0.6) is 0 Å². The minimum Gasteiger partial charge on any atom is -0.376 e. The van der Waals surface area contributed by atoms with Crippen LogP contribution in [0.4, 0.5) is 0 Å². The number of nitrogens with zero attached hydrogens (tertiary/aromatic N) is 2. The molecule has 0 aromatic carbocycles. The van der Waals surface area contributed by atoms with Crippen molar-refractivity contribution in [2.24, 2.45) is 0 Å². The van der Waals surface area contributed by atoms with E-state index in [1.807, 2.05) is 0 Å². The molecule has 16 heavy (non-hydrogen) atoms. The van der Waals surface area contributed by atoms with Gasteiger partial charge in [-0.25, -0.2) is 4.98 Å². The number of halogens is 1. The van der Waals surface area contributed by atoms with Crippen molar-refractivity contribution in [3.63, 3.8) is 0 Å². The van der Waals surface area contributed by atoms with E-state index >= 15 is 0 Å². The average molecular weight is 243 g/mol. The first-order chi connectivity index (χ1) is 7.66. The van der Waals surface area contributed by atoms with Crippen LogP contribution in [0.2, 0.25) is 5.15 Å². The Morgan fingerprint density at radius 2 is 2.44 bits per heavy atom. The second-order valence-electron chi connectivity index (χ2n) is 4.06. The van der Waals surface area contributed by atoms with Gasteiger partial charge in [-0.2, -0.15) is 0 Å². The van der Waals surface area contributed by atoms with Crippen LogP contribution in [-0.4, -0.2) is 22.3 Å². The van der Waals surface area contributed by atoms with E-state index in [1.54, 1.807) is 11.5 Å². The Bertz CT molecular complexity index is 424. The van der Waals surface area contributed by atoms with Crippen molar-refractivity contribution < 1.29 is 4.74 Å². The lowest BCUT2D eigenvalue weighted by Gasteiger charge is -2.23. The zero-order valence-corrected chi connectivity index (χ0v) is 10.0. The number of rotatable bonds is 2. The Labute approximate surface area is 99.2 Å². The molecule has 0 bridgehead atoms. The highest BCUT2D eigenvalue weighted by molar-refractivity contribution is 6.29. The second-order valence-corrected chi connectivity index (χ2v) is 4.45. The van der Waals surface area contributed by atoms with Crippen molar-refractivity contribution in [1.29, 1.82) is 0 Å². The lowest BCUT2D eigenvalue weighted by Crippen LogP contribution is -2.32. The third-order valence-electron chi connectivity index (χ3n) is 2.83. The minimum atomic E-state index is -0.105. The molecular formula is C11H15ClN2O2. The molecule has 1 aliphatic heterocycles. The fourth-order valence-electron chi connectivity index (χ4n) is 1.96. The van der Waals surface area contributed by atoms with Gasteiger partial charge < -0.3 is 4.74 Å². The van der Waals surface area contributed by atoms with E-state index in [1.165, 1.54) is 12.5 Å². The lowest BCUT2D eigenvalue weighted by molar-refractivity contribution is 0.00490. The maximum atomic E-state index is 11.7. The van der Waals surface area contributed by atoms with Gasteiger partial charge in [-0.1, -0.05) is 11.6 Å². The molecule has 2 heterocycles. The molecule has 0 radical (unpaired) electrons. The van der Waals surface area contributed by atoms with Gasteiger partial charge in [0, 0.05) is 12.7 Å². The molecule has 1 fully saturated rings. The van der Waals surface area contributed by atoms with Crippen molar-refractivity contribution in [2.75, 3.05) is 6.61 Å². The monoisotopic (exact) mass is 242 g/mol. The molecule has 0 spiro atoms. The average Bonchev–Trinajstić information content (AvgIpc) is 2.25. The van der Waals surface area contributed by atoms with Gasteiger partial charge in [0.1, 0.15) is 11.0 Å². The molecule has 1 saturated heterocycles. The number of aromatic nitrogens is 2. The van der Waals surface area contributed by atoms with Gasteiger partial charge in [-0.05, 0) is 26.2 Å². The molecule has 0 aliphatic carbocycles. The number of hydrogen-bond acceptors (Lipinski definition) is 3. The van der Waals surface area contributed by atoms with Gasteiger partial charge in [0.15, 0.2) is 0 Å². The molecule has 2 rings (SSSR count). The molecule has 4 nitrogen and oxygen atoms in total. The Balaban J connectivity index is 2.17. The summed E-state index contributed by atoms with van der Waals surface area (Å²) in [5.74, 6) is 0.645. The largest absolute Gasteiger partial charge is 0.376 e. The molecule has 1 unspecified atom stereocenters. The van der Waals surface area contributed by atoms with Crippen LogP contribution >= 0.6 is 11.6 Å². The summed E-state index contributed by atoms with van der Waals surface area (Å²) in [6, 6.07) is 1.34. The van der Waals surface area contributed by atoms with E-state index in [-0.39, 0.29) is 16.8 Å². The second kappa shape index (κ2) is 4.97. The molecule has 1 aromatic rings. The van der Waals surface area contributed by atoms with Gasteiger partial charge >= 0.3 is 0 Å². The zero-order chi connectivity index (χ0) is 11.5. The van der Waals surface area contributed by atoms with Crippen LogP contribution < -0.4 is 5.56 Å². The first kappa shape index (κ1) is 11.6. The summed E-state index contributed by atoms with van der Waals surface area (Å²) < 4.78 is 7.23. The molecule has 0 amide bonds. The van der Waals surface area contributed by atoms with Crippen LogP contribution in [0.1, 0.15) is 25.1 Å². The molecule has 0 N–H and O–H groups in total. The third-order valence-corrected chi connectivity index (χ3v) is 3.02. The first-order valence-electron chi connectivity index (χ1n) is 5.52. The highest BCUT2D eigenvalue weighted by Gasteiger charge is 2.16. The lowest BCUT2D eigenvalue weighted by atomic mass is 10.1. The smallest absolute Gasteiger partial charge is 0.255 e. The molecule has 5 heteroatoms. The van der Waals surface area contributed by atoms with Crippen molar-refractivity contribution in [2.45, 2.75) is 38.8 Å². The fraction of sp³-hybridized carbons (Fsp3) is 0.636. The summed E-state index contributed by atoms with van der Waals surface area (Å²) in [4.78, 5) is 15.8. The third kappa shape index (κ3) is 2.62. The Morgan fingerprint density at radius 1 is 1.62 bits per heavy atom. The maximum Gasteiger partial charge on any atom is 0.255 e. The van der Waals surface area contributed by atoms with Gasteiger partial charge in [0.2, 0.25) is 0 Å². The van der Waals surface area contributed by atoms with E-state index in [0.29, 0.717) is 12.4 Å².